The number of piperazine rings is 1. The molecule has 1 aromatic heterocycles. The Morgan fingerprint density at radius 3 is 2.35 bits per heavy atom. The van der Waals surface area contributed by atoms with Crippen molar-refractivity contribution < 1.29 is 17.6 Å². The van der Waals surface area contributed by atoms with Crippen LogP contribution in [0.15, 0.2) is 68.9 Å². The van der Waals surface area contributed by atoms with Gasteiger partial charge in [-0.25, -0.2) is 8.42 Å². The standard InChI is InChI=1S/C23H25N3O4S/c1-25-14-16-26(17-15-25)23-22(31(27,28)19-9-4-3-5-10-19)24-21(30-23)13-12-18-8-6-7-11-20(18)29-2/h3-13H,14-17H2,1-2H3/b13-12+. The number of hydrogen-bond donors (Lipinski definition) is 0. The van der Waals surface area contributed by atoms with Crippen molar-refractivity contribution in [2.45, 2.75) is 9.92 Å². The normalized spacial score (nSPS) is 15.5. The van der Waals surface area contributed by atoms with Crippen molar-refractivity contribution in [1.82, 2.24) is 9.88 Å². The Kier molecular flexibility index (Phi) is 6.11. The van der Waals surface area contributed by atoms with Gasteiger partial charge < -0.3 is 19.0 Å². The summed E-state index contributed by atoms with van der Waals surface area (Å²) in [5.41, 5.74) is 0.844. The van der Waals surface area contributed by atoms with E-state index >= 15 is 0 Å². The number of anilines is 1. The summed E-state index contributed by atoms with van der Waals surface area (Å²) < 4.78 is 38.0. The van der Waals surface area contributed by atoms with Gasteiger partial charge in [-0.1, -0.05) is 36.4 Å². The van der Waals surface area contributed by atoms with Gasteiger partial charge in [0.25, 0.3) is 0 Å². The lowest BCUT2D eigenvalue weighted by Gasteiger charge is -2.32. The first-order valence-electron chi connectivity index (χ1n) is 10.0. The molecular weight excluding hydrogens is 414 g/mol. The van der Waals surface area contributed by atoms with Crippen LogP contribution in [0.4, 0.5) is 5.88 Å². The smallest absolute Gasteiger partial charge is 0.236 e. The molecule has 0 amide bonds. The van der Waals surface area contributed by atoms with Crippen LogP contribution in [-0.4, -0.2) is 58.6 Å². The average molecular weight is 440 g/mol. The van der Waals surface area contributed by atoms with Crippen molar-refractivity contribution in [3.05, 3.63) is 66.1 Å². The molecule has 0 aliphatic carbocycles. The van der Waals surface area contributed by atoms with E-state index in [-0.39, 0.29) is 21.7 Å². The maximum atomic E-state index is 13.3. The van der Waals surface area contributed by atoms with Crippen molar-refractivity contribution in [3.63, 3.8) is 0 Å². The van der Waals surface area contributed by atoms with E-state index < -0.39 is 9.84 Å². The van der Waals surface area contributed by atoms with Crippen LogP contribution in [0.25, 0.3) is 12.2 Å². The SMILES string of the molecule is COc1ccccc1/C=C/c1nc(S(=O)(=O)c2ccccc2)c(N2CCN(C)CC2)o1. The Hall–Kier alpha value is -3.10. The predicted octanol–water partition coefficient (Wildman–Crippen LogP) is 3.44. The molecule has 31 heavy (non-hydrogen) atoms. The van der Waals surface area contributed by atoms with E-state index in [2.05, 4.69) is 9.88 Å². The van der Waals surface area contributed by atoms with Gasteiger partial charge in [0.2, 0.25) is 26.6 Å². The third kappa shape index (κ3) is 4.50. The summed E-state index contributed by atoms with van der Waals surface area (Å²) in [7, 11) is -0.179. The highest BCUT2D eigenvalue weighted by molar-refractivity contribution is 7.91. The molecule has 0 spiro atoms. The molecule has 0 saturated carbocycles. The van der Waals surface area contributed by atoms with E-state index in [9.17, 15) is 8.42 Å². The zero-order valence-corrected chi connectivity index (χ0v) is 18.4. The highest BCUT2D eigenvalue weighted by Gasteiger charge is 2.31. The quantitative estimate of drug-likeness (QED) is 0.582. The summed E-state index contributed by atoms with van der Waals surface area (Å²) >= 11 is 0. The van der Waals surface area contributed by atoms with Crippen molar-refractivity contribution in [3.8, 4) is 5.75 Å². The van der Waals surface area contributed by atoms with Crippen LogP contribution in [0.3, 0.4) is 0 Å². The molecule has 0 N–H and O–H groups in total. The van der Waals surface area contributed by atoms with Crippen LogP contribution < -0.4 is 9.64 Å². The number of para-hydroxylation sites is 1. The molecule has 1 aliphatic heterocycles. The van der Waals surface area contributed by atoms with Crippen molar-refractivity contribution in [1.29, 1.82) is 0 Å². The number of aromatic nitrogens is 1. The van der Waals surface area contributed by atoms with E-state index in [4.69, 9.17) is 9.15 Å². The zero-order chi connectivity index (χ0) is 21.8. The third-order valence-corrected chi connectivity index (χ3v) is 6.91. The fraction of sp³-hybridized carbons (Fsp3) is 0.261. The highest BCUT2D eigenvalue weighted by Crippen LogP contribution is 2.32. The first-order chi connectivity index (χ1) is 15.0. The van der Waals surface area contributed by atoms with Gasteiger partial charge in [-0.3, -0.25) is 0 Å². The number of rotatable bonds is 6. The topological polar surface area (TPSA) is 75.9 Å². The van der Waals surface area contributed by atoms with Crippen LogP contribution in [-0.2, 0) is 9.84 Å². The van der Waals surface area contributed by atoms with Gasteiger partial charge in [0.1, 0.15) is 5.75 Å². The summed E-state index contributed by atoms with van der Waals surface area (Å²) in [4.78, 5) is 8.72. The molecule has 2 heterocycles. The van der Waals surface area contributed by atoms with Crippen LogP contribution in [0, 0.1) is 0 Å². The Labute approximate surface area is 182 Å². The van der Waals surface area contributed by atoms with Crippen molar-refractivity contribution in [2.24, 2.45) is 0 Å². The molecule has 1 saturated heterocycles. The van der Waals surface area contributed by atoms with E-state index in [1.165, 1.54) is 0 Å². The molecule has 8 heteroatoms. The van der Waals surface area contributed by atoms with Gasteiger partial charge in [-0.2, -0.15) is 4.98 Å². The molecule has 0 unspecified atom stereocenters. The van der Waals surface area contributed by atoms with Gasteiger partial charge in [0.05, 0.1) is 12.0 Å². The molecule has 2 aromatic carbocycles. The molecule has 0 radical (unpaired) electrons. The van der Waals surface area contributed by atoms with Gasteiger partial charge in [-0.15, -0.1) is 0 Å². The number of ether oxygens (including phenoxy) is 1. The molecule has 0 bridgehead atoms. The summed E-state index contributed by atoms with van der Waals surface area (Å²) in [6.45, 7) is 2.97. The molecule has 3 aromatic rings. The first-order valence-corrected chi connectivity index (χ1v) is 11.5. The fourth-order valence-electron chi connectivity index (χ4n) is 3.45. The van der Waals surface area contributed by atoms with Crippen LogP contribution in [0.1, 0.15) is 11.5 Å². The summed E-state index contributed by atoms with van der Waals surface area (Å²) in [6, 6.07) is 15.9. The van der Waals surface area contributed by atoms with Crippen LogP contribution in [0.5, 0.6) is 5.75 Å². The second-order valence-electron chi connectivity index (χ2n) is 7.34. The summed E-state index contributed by atoms with van der Waals surface area (Å²) in [6.07, 6.45) is 3.47. The van der Waals surface area contributed by atoms with E-state index in [1.807, 2.05) is 36.2 Å². The predicted molar refractivity (Wildman–Crippen MR) is 120 cm³/mol. The highest BCUT2D eigenvalue weighted by atomic mass is 32.2. The van der Waals surface area contributed by atoms with E-state index in [1.54, 1.807) is 49.6 Å². The molecule has 162 valence electrons. The largest absolute Gasteiger partial charge is 0.496 e. The van der Waals surface area contributed by atoms with Crippen LogP contribution >= 0.6 is 0 Å². The van der Waals surface area contributed by atoms with E-state index in [0.717, 1.165) is 18.7 Å². The third-order valence-electron chi connectivity index (χ3n) is 5.24. The maximum Gasteiger partial charge on any atom is 0.236 e. The molecule has 1 fully saturated rings. The molecule has 0 atom stereocenters. The number of hydrogen-bond acceptors (Lipinski definition) is 7. The lowest BCUT2D eigenvalue weighted by molar-refractivity contribution is 0.305. The summed E-state index contributed by atoms with van der Waals surface area (Å²) in [5.74, 6) is 1.23. The van der Waals surface area contributed by atoms with Crippen molar-refractivity contribution >= 4 is 27.9 Å². The van der Waals surface area contributed by atoms with Gasteiger partial charge in [0.15, 0.2) is 0 Å². The monoisotopic (exact) mass is 439 g/mol. The molecule has 1 aliphatic rings. The number of nitrogens with zero attached hydrogens (tertiary/aromatic N) is 3. The van der Waals surface area contributed by atoms with Gasteiger partial charge in [-0.05, 0) is 31.3 Å². The minimum absolute atomic E-state index is 0.0528. The molecule has 7 nitrogen and oxygen atoms in total. The molecular formula is C23H25N3O4S. The number of methoxy groups -OCH3 is 1. The van der Waals surface area contributed by atoms with E-state index in [0.29, 0.717) is 18.8 Å². The fourth-order valence-corrected chi connectivity index (χ4v) is 4.80. The minimum Gasteiger partial charge on any atom is -0.496 e. The number of sulfone groups is 1. The first kappa shape index (κ1) is 21.1. The Bertz CT molecular complexity index is 1160. The minimum atomic E-state index is -3.83. The van der Waals surface area contributed by atoms with Gasteiger partial charge in [0, 0.05) is 37.8 Å². The van der Waals surface area contributed by atoms with Gasteiger partial charge >= 0.3 is 0 Å². The maximum absolute atomic E-state index is 13.3. The van der Waals surface area contributed by atoms with Crippen molar-refractivity contribution in [2.75, 3.05) is 45.2 Å². The second-order valence-corrected chi connectivity index (χ2v) is 9.21. The molecule has 4 rings (SSSR count). The summed E-state index contributed by atoms with van der Waals surface area (Å²) in [5, 5.41) is -0.0528. The lowest BCUT2D eigenvalue weighted by Crippen LogP contribution is -2.44. The Balaban J connectivity index is 1.75. The average Bonchev–Trinajstić information content (AvgIpc) is 3.24. The van der Waals surface area contributed by atoms with Crippen LogP contribution in [0.2, 0.25) is 0 Å². The number of likely N-dealkylation sites (N-methyl/N-ethyl adjacent to an activating group) is 1. The zero-order valence-electron chi connectivity index (χ0n) is 17.6. The number of benzene rings is 2. The number of oxazole rings is 1. The Morgan fingerprint density at radius 2 is 1.65 bits per heavy atom. The lowest BCUT2D eigenvalue weighted by atomic mass is 10.2. The Morgan fingerprint density at radius 1 is 0.968 bits per heavy atom. The second kappa shape index (κ2) is 8.95.